The Bertz CT molecular complexity index is 654. The average Bonchev–Trinajstić information content (AvgIpc) is 2.57. The number of methoxy groups -OCH3 is 1. The van der Waals surface area contributed by atoms with Crippen LogP contribution in [0.3, 0.4) is 0 Å². The van der Waals surface area contributed by atoms with E-state index in [2.05, 4.69) is 20.2 Å². The van der Waals surface area contributed by atoms with E-state index < -0.39 is 0 Å². The minimum atomic E-state index is -0.210. The Morgan fingerprint density at radius 3 is 2.52 bits per heavy atom. The lowest BCUT2D eigenvalue weighted by atomic mass is 10.0. The van der Waals surface area contributed by atoms with Crippen molar-refractivity contribution in [3.63, 3.8) is 0 Å². The van der Waals surface area contributed by atoms with Crippen molar-refractivity contribution in [1.82, 2.24) is 9.97 Å². The molecule has 2 aromatic rings. The number of halogens is 1. The Morgan fingerprint density at radius 2 is 1.87 bits per heavy atom. The average molecular weight is 316 g/mol. The van der Waals surface area contributed by atoms with Crippen LogP contribution in [0.25, 0.3) is 0 Å². The van der Waals surface area contributed by atoms with Crippen LogP contribution in [-0.2, 0) is 0 Å². The Morgan fingerprint density at radius 1 is 1.17 bits per heavy atom. The number of piperidine rings is 1. The maximum atomic E-state index is 12.9. The number of anilines is 2. The quantitative estimate of drug-likeness (QED) is 0.939. The number of nitrogens with zero attached hydrogens (tertiary/aromatic N) is 3. The van der Waals surface area contributed by atoms with Gasteiger partial charge in [-0.15, -0.1) is 0 Å². The fourth-order valence-electron chi connectivity index (χ4n) is 2.81. The van der Waals surface area contributed by atoms with Gasteiger partial charge >= 0.3 is 6.01 Å². The minimum absolute atomic E-state index is 0.210. The monoisotopic (exact) mass is 316 g/mol. The summed E-state index contributed by atoms with van der Waals surface area (Å²) in [5.74, 6) is 0.702. The van der Waals surface area contributed by atoms with Crippen molar-refractivity contribution in [2.45, 2.75) is 25.8 Å². The van der Waals surface area contributed by atoms with Crippen LogP contribution in [-0.4, -0.2) is 36.2 Å². The van der Waals surface area contributed by atoms with Gasteiger partial charge < -0.3 is 15.0 Å². The van der Waals surface area contributed by atoms with Crippen LogP contribution in [0, 0.1) is 12.7 Å². The molecule has 1 fully saturated rings. The topological polar surface area (TPSA) is 50.3 Å². The second-order valence-corrected chi connectivity index (χ2v) is 5.77. The number of ether oxygens (including phenoxy) is 1. The zero-order valence-corrected chi connectivity index (χ0v) is 13.4. The van der Waals surface area contributed by atoms with Crippen LogP contribution < -0.4 is 15.0 Å². The summed E-state index contributed by atoms with van der Waals surface area (Å²) in [5, 5.41) is 3.46. The Hall–Kier alpha value is -2.37. The summed E-state index contributed by atoms with van der Waals surface area (Å²) in [5.41, 5.74) is 1.86. The Labute approximate surface area is 135 Å². The third-order valence-electron chi connectivity index (χ3n) is 4.04. The molecule has 0 amide bonds. The SMILES string of the molecule is COc1nc(C)cc(N2CCC(Nc3ccc(F)cc3)CC2)n1. The molecule has 2 heterocycles. The predicted molar refractivity (Wildman–Crippen MR) is 88.6 cm³/mol. The third-order valence-corrected chi connectivity index (χ3v) is 4.04. The first-order chi connectivity index (χ1) is 11.1. The van der Waals surface area contributed by atoms with E-state index >= 15 is 0 Å². The summed E-state index contributed by atoms with van der Waals surface area (Å²) in [6.45, 7) is 3.77. The summed E-state index contributed by atoms with van der Waals surface area (Å²) in [6.07, 6.45) is 2.01. The molecule has 1 aliphatic heterocycles. The number of rotatable bonds is 4. The first-order valence-corrected chi connectivity index (χ1v) is 7.81. The van der Waals surface area contributed by atoms with E-state index in [1.807, 2.05) is 13.0 Å². The summed E-state index contributed by atoms with van der Waals surface area (Å²) in [7, 11) is 1.58. The summed E-state index contributed by atoms with van der Waals surface area (Å²) in [4.78, 5) is 10.9. The molecule has 0 aliphatic carbocycles. The van der Waals surface area contributed by atoms with Gasteiger partial charge in [-0.1, -0.05) is 0 Å². The van der Waals surface area contributed by atoms with E-state index in [9.17, 15) is 4.39 Å². The van der Waals surface area contributed by atoms with E-state index in [0.717, 1.165) is 43.1 Å². The Kier molecular flexibility index (Phi) is 4.60. The molecule has 1 saturated heterocycles. The van der Waals surface area contributed by atoms with E-state index in [1.54, 1.807) is 19.2 Å². The van der Waals surface area contributed by atoms with Crippen LogP contribution in [0.5, 0.6) is 6.01 Å². The molecule has 122 valence electrons. The van der Waals surface area contributed by atoms with Gasteiger partial charge in [0, 0.05) is 36.6 Å². The zero-order chi connectivity index (χ0) is 16.2. The zero-order valence-electron chi connectivity index (χ0n) is 13.4. The van der Waals surface area contributed by atoms with E-state index in [4.69, 9.17) is 4.74 Å². The van der Waals surface area contributed by atoms with Crippen LogP contribution in [0.15, 0.2) is 30.3 Å². The highest BCUT2D eigenvalue weighted by Crippen LogP contribution is 2.22. The molecule has 0 bridgehead atoms. The molecule has 6 heteroatoms. The summed E-state index contributed by atoms with van der Waals surface area (Å²) < 4.78 is 18.1. The molecule has 0 saturated carbocycles. The number of hydrogen-bond acceptors (Lipinski definition) is 5. The van der Waals surface area contributed by atoms with E-state index in [1.165, 1.54) is 12.1 Å². The molecule has 1 aromatic heterocycles. The molecule has 0 radical (unpaired) electrons. The lowest BCUT2D eigenvalue weighted by Gasteiger charge is -2.33. The number of nitrogens with one attached hydrogen (secondary N) is 1. The lowest BCUT2D eigenvalue weighted by molar-refractivity contribution is 0.378. The number of hydrogen-bond donors (Lipinski definition) is 1. The van der Waals surface area contributed by atoms with E-state index in [-0.39, 0.29) is 5.82 Å². The predicted octanol–water partition coefficient (Wildman–Crippen LogP) is 3.01. The first kappa shape index (κ1) is 15.5. The summed E-state index contributed by atoms with van der Waals surface area (Å²) in [6, 6.07) is 9.30. The molecule has 23 heavy (non-hydrogen) atoms. The molecular formula is C17H21FN4O. The fraction of sp³-hybridized carbons (Fsp3) is 0.412. The molecular weight excluding hydrogens is 295 g/mol. The lowest BCUT2D eigenvalue weighted by Crippen LogP contribution is -2.39. The molecule has 1 aromatic carbocycles. The smallest absolute Gasteiger partial charge is 0.318 e. The van der Waals surface area contributed by atoms with Crippen molar-refractivity contribution < 1.29 is 9.13 Å². The van der Waals surface area contributed by atoms with Crippen molar-refractivity contribution in [1.29, 1.82) is 0 Å². The van der Waals surface area contributed by atoms with Gasteiger partial charge in [0.2, 0.25) is 0 Å². The van der Waals surface area contributed by atoms with Gasteiger partial charge in [-0.25, -0.2) is 9.37 Å². The maximum Gasteiger partial charge on any atom is 0.318 e. The molecule has 3 rings (SSSR count). The number of aromatic nitrogens is 2. The maximum absolute atomic E-state index is 12.9. The standard InChI is InChI=1S/C17H21FN4O/c1-12-11-16(21-17(19-12)23-2)22-9-7-15(8-10-22)20-14-5-3-13(18)4-6-14/h3-6,11,15,20H,7-10H2,1-2H3. The van der Waals surface area contributed by atoms with Crippen molar-refractivity contribution in [3.05, 3.63) is 41.8 Å². The Balaban J connectivity index is 1.60. The largest absolute Gasteiger partial charge is 0.467 e. The van der Waals surface area contributed by atoms with Crippen molar-refractivity contribution >= 4 is 11.5 Å². The van der Waals surface area contributed by atoms with E-state index in [0.29, 0.717) is 12.1 Å². The molecule has 5 nitrogen and oxygen atoms in total. The molecule has 1 aliphatic rings. The highest BCUT2D eigenvalue weighted by Gasteiger charge is 2.21. The van der Waals surface area contributed by atoms with Crippen LogP contribution in [0.1, 0.15) is 18.5 Å². The fourth-order valence-corrected chi connectivity index (χ4v) is 2.81. The molecule has 0 unspecified atom stereocenters. The van der Waals surface area contributed by atoms with Crippen molar-refractivity contribution in [2.75, 3.05) is 30.4 Å². The van der Waals surface area contributed by atoms with Gasteiger partial charge in [-0.3, -0.25) is 0 Å². The molecule has 1 N–H and O–H groups in total. The highest BCUT2D eigenvalue weighted by atomic mass is 19.1. The number of benzene rings is 1. The van der Waals surface area contributed by atoms with Gasteiger partial charge in [-0.2, -0.15) is 4.98 Å². The summed E-state index contributed by atoms with van der Waals surface area (Å²) >= 11 is 0. The third kappa shape index (κ3) is 3.88. The second kappa shape index (κ2) is 6.81. The molecule has 0 atom stereocenters. The van der Waals surface area contributed by atoms with Gasteiger partial charge in [0.25, 0.3) is 0 Å². The van der Waals surface area contributed by atoms with Crippen molar-refractivity contribution in [3.8, 4) is 6.01 Å². The molecule has 0 spiro atoms. The minimum Gasteiger partial charge on any atom is -0.467 e. The van der Waals surface area contributed by atoms with Crippen molar-refractivity contribution in [2.24, 2.45) is 0 Å². The first-order valence-electron chi connectivity index (χ1n) is 7.81. The normalized spacial score (nSPS) is 15.5. The van der Waals surface area contributed by atoms with Gasteiger partial charge in [0.1, 0.15) is 11.6 Å². The van der Waals surface area contributed by atoms with Crippen LogP contribution >= 0.6 is 0 Å². The van der Waals surface area contributed by atoms with Gasteiger partial charge in [-0.05, 0) is 44.0 Å². The van der Waals surface area contributed by atoms with Crippen LogP contribution in [0.2, 0.25) is 0 Å². The second-order valence-electron chi connectivity index (χ2n) is 5.77. The van der Waals surface area contributed by atoms with Gasteiger partial charge in [0.15, 0.2) is 0 Å². The highest BCUT2D eigenvalue weighted by molar-refractivity contribution is 5.45. The van der Waals surface area contributed by atoms with Gasteiger partial charge in [0.05, 0.1) is 7.11 Å². The number of aryl methyl sites for hydroxylation is 1. The van der Waals surface area contributed by atoms with Crippen LogP contribution in [0.4, 0.5) is 15.9 Å².